The van der Waals surface area contributed by atoms with Crippen LogP contribution in [0.25, 0.3) is 0 Å². The minimum Gasteiger partial charge on any atom is -0.384 e. The van der Waals surface area contributed by atoms with Crippen LogP contribution in [0.4, 0.5) is 5.82 Å². The van der Waals surface area contributed by atoms with Crippen molar-refractivity contribution in [1.82, 2.24) is 4.98 Å². The highest BCUT2D eigenvalue weighted by Crippen LogP contribution is 2.07. The predicted molar refractivity (Wildman–Crippen MR) is 58.7 cm³/mol. The SMILES string of the molecule is Cc1cc(N)ncc1C#CCCBr. The zero-order valence-corrected chi connectivity index (χ0v) is 9.06. The topological polar surface area (TPSA) is 38.9 Å². The molecule has 1 rings (SSSR count). The number of hydrogen-bond acceptors (Lipinski definition) is 2. The maximum Gasteiger partial charge on any atom is 0.123 e. The van der Waals surface area contributed by atoms with Crippen LogP contribution in [-0.2, 0) is 0 Å². The van der Waals surface area contributed by atoms with Crippen LogP contribution in [-0.4, -0.2) is 10.3 Å². The first kappa shape index (κ1) is 10.1. The molecule has 13 heavy (non-hydrogen) atoms. The van der Waals surface area contributed by atoms with Crippen LogP contribution in [0.3, 0.4) is 0 Å². The Morgan fingerprint density at radius 3 is 3.00 bits per heavy atom. The average molecular weight is 239 g/mol. The van der Waals surface area contributed by atoms with Crippen LogP contribution >= 0.6 is 15.9 Å². The monoisotopic (exact) mass is 238 g/mol. The third kappa shape index (κ3) is 3.08. The number of nitrogen functional groups attached to an aromatic ring is 1. The van der Waals surface area contributed by atoms with Gasteiger partial charge in [0.2, 0.25) is 0 Å². The lowest BCUT2D eigenvalue weighted by atomic mass is 10.1. The summed E-state index contributed by atoms with van der Waals surface area (Å²) in [4.78, 5) is 3.98. The molecule has 1 aromatic heterocycles. The zero-order valence-electron chi connectivity index (χ0n) is 7.47. The Bertz CT molecular complexity index is 350. The second-order valence-electron chi connectivity index (χ2n) is 2.66. The number of aryl methyl sites for hydroxylation is 1. The Kier molecular flexibility index (Phi) is 3.78. The molecular formula is C10H11BrN2. The molecule has 0 aliphatic carbocycles. The number of alkyl halides is 1. The van der Waals surface area contributed by atoms with E-state index in [2.05, 4.69) is 32.8 Å². The number of hydrogen-bond donors (Lipinski definition) is 1. The van der Waals surface area contributed by atoms with Crippen molar-refractivity contribution in [2.24, 2.45) is 0 Å². The Labute approximate surface area is 86.7 Å². The molecule has 0 saturated carbocycles. The third-order valence-corrected chi connectivity index (χ3v) is 1.97. The molecule has 0 aromatic carbocycles. The minimum absolute atomic E-state index is 0.545. The summed E-state index contributed by atoms with van der Waals surface area (Å²) in [7, 11) is 0. The van der Waals surface area contributed by atoms with Crippen molar-refractivity contribution in [2.45, 2.75) is 13.3 Å². The number of nitrogens with two attached hydrogens (primary N) is 1. The molecule has 0 radical (unpaired) electrons. The summed E-state index contributed by atoms with van der Waals surface area (Å²) < 4.78 is 0. The summed E-state index contributed by atoms with van der Waals surface area (Å²) in [6.45, 7) is 1.98. The lowest BCUT2D eigenvalue weighted by Gasteiger charge is -1.97. The molecule has 0 aliphatic heterocycles. The maximum atomic E-state index is 5.52. The Morgan fingerprint density at radius 1 is 1.62 bits per heavy atom. The molecule has 0 atom stereocenters. The smallest absolute Gasteiger partial charge is 0.123 e. The molecule has 1 heterocycles. The molecule has 0 aliphatic rings. The maximum absolute atomic E-state index is 5.52. The van der Waals surface area contributed by atoms with Crippen molar-refractivity contribution in [3.8, 4) is 11.8 Å². The largest absolute Gasteiger partial charge is 0.384 e. The number of rotatable bonds is 1. The van der Waals surface area contributed by atoms with Crippen molar-refractivity contribution >= 4 is 21.7 Å². The third-order valence-electron chi connectivity index (χ3n) is 1.57. The fraction of sp³-hybridized carbons (Fsp3) is 0.300. The summed E-state index contributed by atoms with van der Waals surface area (Å²) in [6, 6.07) is 1.83. The Balaban J connectivity index is 2.85. The molecule has 68 valence electrons. The summed E-state index contributed by atoms with van der Waals surface area (Å²) in [5.41, 5.74) is 7.55. The first-order valence-corrected chi connectivity index (χ1v) is 5.13. The molecule has 2 N–H and O–H groups in total. The summed E-state index contributed by atoms with van der Waals surface area (Å²) in [5.74, 6) is 6.62. The van der Waals surface area contributed by atoms with Crippen molar-refractivity contribution in [2.75, 3.05) is 11.1 Å². The first-order valence-electron chi connectivity index (χ1n) is 4.01. The van der Waals surface area contributed by atoms with Gasteiger partial charge in [-0.2, -0.15) is 0 Å². The Morgan fingerprint density at radius 2 is 2.38 bits per heavy atom. The fourth-order valence-electron chi connectivity index (χ4n) is 0.914. The van der Waals surface area contributed by atoms with Gasteiger partial charge in [-0.05, 0) is 18.6 Å². The van der Waals surface area contributed by atoms with Gasteiger partial charge >= 0.3 is 0 Å². The van der Waals surface area contributed by atoms with Crippen LogP contribution in [0.1, 0.15) is 17.5 Å². The van der Waals surface area contributed by atoms with Gasteiger partial charge in [-0.1, -0.05) is 27.8 Å². The highest BCUT2D eigenvalue weighted by Gasteiger charge is 1.94. The van der Waals surface area contributed by atoms with Gasteiger partial charge < -0.3 is 5.73 Å². The summed E-state index contributed by atoms with van der Waals surface area (Å²) in [5, 5.41) is 0.904. The van der Waals surface area contributed by atoms with Gasteiger partial charge in [0.15, 0.2) is 0 Å². The quantitative estimate of drug-likeness (QED) is 0.602. The van der Waals surface area contributed by atoms with Crippen molar-refractivity contribution < 1.29 is 0 Å². The molecule has 0 amide bonds. The van der Waals surface area contributed by atoms with Crippen LogP contribution < -0.4 is 5.73 Å². The average Bonchev–Trinajstić information content (AvgIpc) is 2.09. The Hall–Kier alpha value is -1.01. The van der Waals surface area contributed by atoms with E-state index in [1.165, 1.54) is 0 Å². The molecule has 1 aromatic rings. The van der Waals surface area contributed by atoms with E-state index in [1.54, 1.807) is 6.20 Å². The van der Waals surface area contributed by atoms with E-state index in [0.29, 0.717) is 5.82 Å². The van der Waals surface area contributed by atoms with E-state index < -0.39 is 0 Å². The predicted octanol–water partition coefficient (Wildman–Crippen LogP) is 2.11. The highest BCUT2D eigenvalue weighted by atomic mass is 79.9. The van der Waals surface area contributed by atoms with Gasteiger partial charge in [-0.15, -0.1) is 0 Å². The molecule has 2 nitrogen and oxygen atoms in total. The van der Waals surface area contributed by atoms with Crippen LogP contribution in [0.2, 0.25) is 0 Å². The number of halogens is 1. The van der Waals surface area contributed by atoms with Crippen molar-refractivity contribution in [1.29, 1.82) is 0 Å². The van der Waals surface area contributed by atoms with E-state index in [4.69, 9.17) is 5.73 Å². The standard InChI is InChI=1S/C10H11BrN2/c1-8-6-10(12)13-7-9(8)4-2-3-5-11/h6-7H,3,5H2,1H3,(H2,12,13). The number of aromatic nitrogens is 1. The van der Waals surface area contributed by atoms with Gasteiger partial charge in [0.1, 0.15) is 5.82 Å². The second kappa shape index (κ2) is 4.88. The van der Waals surface area contributed by atoms with Gasteiger partial charge in [0, 0.05) is 23.5 Å². The normalized spacial score (nSPS) is 9.08. The van der Waals surface area contributed by atoms with E-state index >= 15 is 0 Å². The molecule has 0 fully saturated rings. The van der Waals surface area contributed by atoms with Crippen LogP contribution in [0, 0.1) is 18.8 Å². The molecule has 0 unspecified atom stereocenters. The van der Waals surface area contributed by atoms with Gasteiger partial charge in [0.05, 0.1) is 0 Å². The fourth-order valence-corrected chi connectivity index (χ4v) is 1.11. The van der Waals surface area contributed by atoms with E-state index in [0.717, 1.165) is 22.9 Å². The molecular weight excluding hydrogens is 228 g/mol. The van der Waals surface area contributed by atoms with Gasteiger partial charge in [-0.3, -0.25) is 0 Å². The van der Waals surface area contributed by atoms with Crippen LogP contribution in [0.5, 0.6) is 0 Å². The molecule has 3 heteroatoms. The lowest BCUT2D eigenvalue weighted by molar-refractivity contribution is 1.27. The van der Waals surface area contributed by atoms with Gasteiger partial charge in [0.25, 0.3) is 0 Å². The van der Waals surface area contributed by atoms with Crippen LogP contribution in [0.15, 0.2) is 12.3 Å². The van der Waals surface area contributed by atoms with Crippen molar-refractivity contribution in [3.63, 3.8) is 0 Å². The molecule has 0 spiro atoms. The molecule has 0 saturated heterocycles. The lowest BCUT2D eigenvalue weighted by Crippen LogP contribution is -1.92. The van der Waals surface area contributed by atoms with E-state index in [-0.39, 0.29) is 0 Å². The summed E-state index contributed by atoms with van der Waals surface area (Å²) in [6.07, 6.45) is 2.57. The number of nitrogens with zero attached hydrogens (tertiary/aromatic N) is 1. The van der Waals surface area contributed by atoms with E-state index in [1.807, 2.05) is 13.0 Å². The number of pyridine rings is 1. The van der Waals surface area contributed by atoms with E-state index in [9.17, 15) is 0 Å². The zero-order chi connectivity index (χ0) is 9.68. The highest BCUT2D eigenvalue weighted by molar-refractivity contribution is 9.09. The second-order valence-corrected chi connectivity index (χ2v) is 3.46. The minimum atomic E-state index is 0.545. The first-order chi connectivity index (χ1) is 6.24. The summed E-state index contributed by atoms with van der Waals surface area (Å²) >= 11 is 3.31. The van der Waals surface area contributed by atoms with Crippen molar-refractivity contribution in [3.05, 3.63) is 23.4 Å². The van der Waals surface area contributed by atoms with Gasteiger partial charge in [-0.25, -0.2) is 4.98 Å². The number of anilines is 1. The molecule has 0 bridgehead atoms.